The van der Waals surface area contributed by atoms with E-state index in [1.54, 1.807) is 0 Å². The number of aromatic nitrogens is 20. The number of rotatable bonds is 8. The molecule has 0 aliphatic carbocycles. The van der Waals surface area contributed by atoms with E-state index in [4.69, 9.17) is 37.3 Å². The van der Waals surface area contributed by atoms with E-state index < -0.39 is 20.5 Å². The van der Waals surface area contributed by atoms with Gasteiger partial charge in [-0.05, 0) is 121 Å². The van der Waals surface area contributed by atoms with Crippen LogP contribution in [-0.4, -0.2) is 81.1 Å². The predicted octanol–water partition coefficient (Wildman–Crippen LogP) is -1.10. The number of nitrogens with zero attached hydrogens (tertiary/aromatic N) is 16. The van der Waals surface area contributed by atoms with E-state index in [9.17, 15) is 0 Å². The molecular formula is C52H48Ag6Cl2N20O8. The SMILES string of the molecule is Cc1cc(-c2cccc(-c3cc(C)[nH]n3)n2)[n-]n1.Cc1cc(-c2cccc(-c3cc(C)[nH]n3)n2)[n-]n1.Cc1cc(-c2cccc(-c3cc(C)[nH]n3)n2)[n-]n1.Cc1cc(-c2cccc(-c3cc(C)[nH]n3)n2)n[n-]1.[Ag+].[Ag+].[Ag+].[Ag+].[Ag+].[Ag+].[O-][Cl+3]([O-])([O-])[O-].[O-][Cl+3]([O-])([O-])[O-]. The van der Waals surface area contributed by atoms with Gasteiger partial charge in [0.25, 0.3) is 0 Å². The van der Waals surface area contributed by atoms with Crippen molar-refractivity contribution in [1.82, 2.24) is 102 Å². The molecule has 0 aliphatic heterocycles. The topological polar surface area (TPSA) is 459 Å². The molecule has 36 heteroatoms. The molecule has 0 unspecified atom stereocenters. The van der Waals surface area contributed by atoms with Crippen molar-refractivity contribution in [2.24, 2.45) is 0 Å². The van der Waals surface area contributed by atoms with Crippen molar-refractivity contribution in [2.45, 2.75) is 55.4 Å². The number of aryl methyl sites for hydroxylation is 8. The van der Waals surface area contributed by atoms with Gasteiger partial charge in [-0.1, -0.05) is 72.5 Å². The third-order valence-corrected chi connectivity index (χ3v) is 10.6. The van der Waals surface area contributed by atoms with E-state index in [0.29, 0.717) is 0 Å². The molecule has 12 rings (SSSR count). The van der Waals surface area contributed by atoms with Gasteiger partial charge in [0.15, 0.2) is 0 Å². The fourth-order valence-electron chi connectivity index (χ4n) is 7.13. The molecule has 0 amide bonds. The monoisotopic (exact) mass is 1790 g/mol. The average molecular weight is 1800 g/mol. The van der Waals surface area contributed by atoms with E-state index in [2.05, 4.69) is 102 Å². The Morgan fingerprint density at radius 1 is 0.284 bits per heavy atom. The maximum Gasteiger partial charge on any atom is 1.00 e. The summed E-state index contributed by atoms with van der Waals surface area (Å²) < 4.78 is 67.9. The Hall–Kier alpha value is -5.02. The van der Waals surface area contributed by atoms with Crippen LogP contribution in [0.2, 0.25) is 0 Å². The second kappa shape index (κ2) is 38.0. The molecule has 12 aromatic heterocycles. The van der Waals surface area contributed by atoms with Crippen LogP contribution in [0.3, 0.4) is 0 Å². The van der Waals surface area contributed by atoms with Crippen LogP contribution in [-0.2, 0) is 134 Å². The van der Waals surface area contributed by atoms with Gasteiger partial charge in [0.1, 0.15) is 22.8 Å². The van der Waals surface area contributed by atoms with Crippen LogP contribution >= 0.6 is 0 Å². The first-order chi connectivity index (χ1) is 38.9. The van der Waals surface area contributed by atoms with E-state index in [1.165, 1.54) is 0 Å². The first-order valence-electron chi connectivity index (χ1n) is 24.0. The van der Waals surface area contributed by atoms with Crippen LogP contribution in [0.5, 0.6) is 0 Å². The Labute approximate surface area is 600 Å². The molecule has 4 N–H and O–H groups in total. The van der Waals surface area contributed by atoms with Crippen LogP contribution in [0.25, 0.3) is 91.1 Å². The quantitative estimate of drug-likeness (QED) is 0.131. The normalized spacial score (nSPS) is 10.2. The number of aromatic amines is 4. The number of H-pyrrole nitrogens is 4. The van der Waals surface area contributed by atoms with Crippen molar-refractivity contribution in [3.05, 3.63) is 167 Å². The summed E-state index contributed by atoms with van der Waals surface area (Å²) in [5.74, 6) is 0. The fraction of sp³-hybridized carbons (Fsp3) is 0.154. The summed E-state index contributed by atoms with van der Waals surface area (Å²) in [6.07, 6.45) is 0. The smallest absolute Gasteiger partial charge is 0.579 e. The van der Waals surface area contributed by atoms with Gasteiger partial charge in [-0.25, -0.2) is 57.2 Å². The summed E-state index contributed by atoms with van der Waals surface area (Å²) in [6.45, 7) is 15.5. The van der Waals surface area contributed by atoms with Gasteiger partial charge in [0, 0.05) is 39.9 Å². The Morgan fingerprint density at radius 3 is 0.705 bits per heavy atom. The van der Waals surface area contributed by atoms with Gasteiger partial charge < -0.3 is 40.8 Å². The molecule has 0 aliphatic rings. The number of hydrogen-bond acceptors (Lipinski definition) is 20. The molecule has 0 saturated carbocycles. The zero-order chi connectivity index (χ0) is 59.1. The minimum atomic E-state index is -4.94. The van der Waals surface area contributed by atoms with Crippen molar-refractivity contribution in [2.75, 3.05) is 0 Å². The molecule has 88 heavy (non-hydrogen) atoms. The fourth-order valence-corrected chi connectivity index (χ4v) is 7.13. The molecule has 28 nitrogen and oxygen atoms in total. The second-order valence-corrected chi connectivity index (χ2v) is 19.1. The van der Waals surface area contributed by atoms with Crippen LogP contribution in [0.1, 0.15) is 45.6 Å². The minimum absolute atomic E-state index is 0. The van der Waals surface area contributed by atoms with Gasteiger partial charge in [0.2, 0.25) is 0 Å². The first kappa shape index (κ1) is 81.0. The zero-order valence-electron chi connectivity index (χ0n) is 46.5. The minimum Gasteiger partial charge on any atom is -0.579 e. The summed E-state index contributed by atoms with van der Waals surface area (Å²) in [5.41, 5.74) is 20.7. The molecule has 0 fully saturated rings. The molecular weight excluding hydrogens is 1750 g/mol. The predicted molar refractivity (Wildman–Crippen MR) is 271 cm³/mol. The summed E-state index contributed by atoms with van der Waals surface area (Å²) in [4.78, 5) is 18.2. The summed E-state index contributed by atoms with van der Waals surface area (Å²) >= 11 is 0. The zero-order valence-corrected chi connectivity index (χ0v) is 56.9. The van der Waals surface area contributed by atoms with E-state index >= 15 is 0 Å². The van der Waals surface area contributed by atoms with Gasteiger partial charge >= 0.3 is 134 Å². The van der Waals surface area contributed by atoms with Crippen molar-refractivity contribution in [3.63, 3.8) is 0 Å². The van der Waals surface area contributed by atoms with Crippen LogP contribution in [0, 0.1) is 75.9 Å². The molecule has 0 radical (unpaired) electrons. The number of halogens is 2. The third-order valence-electron chi connectivity index (χ3n) is 10.6. The van der Waals surface area contributed by atoms with Gasteiger partial charge in [-0.2, -0.15) is 20.4 Å². The molecule has 0 spiro atoms. The van der Waals surface area contributed by atoms with E-state index in [0.717, 1.165) is 137 Å². The van der Waals surface area contributed by atoms with Crippen molar-refractivity contribution in [1.29, 1.82) is 0 Å². The van der Waals surface area contributed by atoms with Crippen LogP contribution in [0.4, 0.5) is 0 Å². The summed E-state index contributed by atoms with van der Waals surface area (Å²) in [5, 5.41) is 60.8. The molecule has 0 bridgehead atoms. The van der Waals surface area contributed by atoms with Gasteiger partial charge in [-0.3, -0.25) is 20.4 Å². The Kier molecular flexibility index (Phi) is 35.0. The Bertz CT molecular complexity index is 3240. The second-order valence-electron chi connectivity index (χ2n) is 17.6. The van der Waals surface area contributed by atoms with Crippen LogP contribution < -0.4 is 57.7 Å². The molecule has 484 valence electrons. The molecule has 0 atom stereocenters. The maximum absolute atomic E-state index is 8.49. The molecule has 0 saturated heterocycles. The molecule has 12 aromatic rings. The van der Waals surface area contributed by atoms with Crippen LogP contribution in [0.15, 0.2) is 121 Å². The van der Waals surface area contributed by atoms with Crippen molar-refractivity contribution < 1.29 is 192 Å². The maximum atomic E-state index is 8.49. The summed E-state index contributed by atoms with van der Waals surface area (Å²) in [7, 11) is -9.89. The Morgan fingerprint density at radius 2 is 0.511 bits per heavy atom. The molecule has 0 aromatic carbocycles. The molecule has 12 heterocycles. The first-order valence-corrected chi connectivity index (χ1v) is 26.5. The summed E-state index contributed by atoms with van der Waals surface area (Å²) in [6, 6.07) is 38.8. The van der Waals surface area contributed by atoms with Crippen molar-refractivity contribution in [3.8, 4) is 91.1 Å². The average Bonchev–Trinajstić information content (AvgIpc) is 4.42. The van der Waals surface area contributed by atoms with E-state index in [1.807, 2.05) is 177 Å². The van der Waals surface area contributed by atoms with Gasteiger partial charge in [-0.15, -0.1) is 26.2 Å². The number of pyridine rings is 4. The number of hydrogen-bond donors (Lipinski definition) is 4. The standard InChI is InChI=1S/4C13H12N5.6Ag.2ClHO4/c4*1-8-6-12(17-15-8)10-4-3-5-11(14-10)13-7-9(2)16-18-13;;;;;;;2*2-1(3,4)5/h4*3-7H,1-2H3,(H-,15,16,17,18);;;;;;;2*(H,2,3,4,5)/q4*-1;6*+1;;/p-2. The van der Waals surface area contributed by atoms with Crippen molar-refractivity contribution >= 4 is 0 Å². The third kappa shape index (κ3) is 26.8. The van der Waals surface area contributed by atoms with E-state index in [-0.39, 0.29) is 134 Å². The largest absolute Gasteiger partial charge is 1.00 e. The number of nitrogens with one attached hydrogen (secondary N) is 4. The Balaban J connectivity index is 0.000000545. The van der Waals surface area contributed by atoms with Gasteiger partial charge in [0.05, 0.1) is 51.2 Å².